The van der Waals surface area contributed by atoms with Crippen molar-refractivity contribution in [3.05, 3.63) is 42.5 Å². The molecule has 2 aromatic carbocycles. The van der Waals surface area contributed by atoms with E-state index in [1.807, 2.05) is 31.2 Å². The standard InChI is InChI=1S/C26H33N3O4S.ClH/c1-2-22-25-23(12-17-28(25)24(30)13-16-27-14-6-3-7-15-27)29(26(22)31)34(32,33)21-11-10-19-8-4-5-9-20(19)18-21;/h4-5,8-11,18,22-23,25H,2-3,6-7,12-17H2,1H3;1H/t22-,23+,25-;/m1./s1. The van der Waals surface area contributed by atoms with Crippen LogP contribution in [0.15, 0.2) is 47.4 Å². The van der Waals surface area contributed by atoms with Gasteiger partial charge in [0, 0.05) is 19.5 Å². The third kappa shape index (κ3) is 4.68. The number of likely N-dealkylation sites (tertiary alicyclic amines) is 2. The molecule has 190 valence electrons. The van der Waals surface area contributed by atoms with Gasteiger partial charge >= 0.3 is 0 Å². The van der Waals surface area contributed by atoms with Crippen molar-refractivity contribution in [1.82, 2.24) is 14.1 Å². The van der Waals surface area contributed by atoms with Crippen LogP contribution < -0.4 is 0 Å². The Labute approximate surface area is 213 Å². The molecule has 0 aromatic heterocycles. The van der Waals surface area contributed by atoms with E-state index in [4.69, 9.17) is 0 Å². The summed E-state index contributed by atoms with van der Waals surface area (Å²) in [4.78, 5) is 30.9. The number of halogens is 1. The van der Waals surface area contributed by atoms with Gasteiger partial charge < -0.3 is 9.80 Å². The first-order valence-corrected chi connectivity index (χ1v) is 13.9. The predicted molar refractivity (Wildman–Crippen MR) is 138 cm³/mol. The average molecular weight is 520 g/mol. The Balaban J connectivity index is 0.00000289. The summed E-state index contributed by atoms with van der Waals surface area (Å²) in [5.41, 5.74) is 0. The first-order chi connectivity index (χ1) is 16.4. The maximum Gasteiger partial charge on any atom is 0.266 e. The smallest absolute Gasteiger partial charge is 0.266 e. The van der Waals surface area contributed by atoms with Gasteiger partial charge in [-0.1, -0.05) is 43.7 Å². The fraction of sp³-hybridized carbons (Fsp3) is 0.538. The maximum atomic E-state index is 13.7. The third-order valence-electron chi connectivity index (χ3n) is 7.80. The Kier molecular flexibility index (Phi) is 7.74. The summed E-state index contributed by atoms with van der Waals surface area (Å²) in [7, 11) is -4.02. The van der Waals surface area contributed by atoms with Gasteiger partial charge in [0.05, 0.1) is 22.9 Å². The Morgan fingerprint density at radius 3 is 2.43 bits per heavy atom. The first-order valence-electron chi connectivity index (χ1n) is 12.5. The van der Waals surface area contributed by atoms with Crippen LogP contribution in [0.3, 0.4) is 0 Å². The highest BCUT2D eigenvalue weighted by Crippen LogP contribution is 2.41. The minimum atomic E-state index is -4.02. The second-order valence-electron chi connectivity index (χ2n) is 9.75. The monoisotopic (exact) mass is 519 g/mol. The number of carbonyl (C=O) groups excluding carboxylic acids is 2. The van der Waals surface area contributed by atoms with E-state index in [1.165, 1.54) is 19.3 Å². The number of piperidine rings is 1. The van der Waals surface area contributed by atoms with Gasteiger partial charge in [-0.3, -0.25) is 9.59 Å². The van der Waals surface area contributed by atoms with Crippen molar-refractivity contribution in [2.45, 2.75) is 62.4 Å². The topological polar surface area (TPSA) is 78.0 Å². The summed E-state index contributed by atoms with van der Waals surface area (Å²) in [5.74, 6) is -0.824. The Hall–Kier alpha value is -2.16. The van der Waals surface area contributed by atoms with Crippen LogP contribution in [0.2, 0.25) is 0 Å². The molecule has 2 aromatic rings. The molecular weight excluding hydrogens is 486 g/mol. The van der Waals surface area contributed by atoms with Gasteiger partial charge in [0.1, 0.15) is 0 Å². The van der Waals surface area contributed by atoms with E-state index in [1.54, 1.807) is 23.1 Å². The number of benzene rings is 2. The molecule has 3 aliphatic rings. The van der Waals surface area contributed by atoms with Crippen molar-refractivity contribution < 1.29 is 18.0 Å². The van der Waals surface area contributed by atoms with Crippen LogP contribution in [0.1, 0.15) is 45.4 Å². The summed E-state index contributed by atoms with van der Waals surface area (Å²) in [6.07, 6.45) is 5.04. The zero-order valence-corrected chi connectivity index (χ0v) is 21.8. The predicted octanol–water partition coefficient (Wildman–Crippen LogP) is 3.66. The molecular formula is C26H34ClN3O4S. The fourth-order valence-corrected chi connectivity index (χ4v) is 7.74. The molecule has 0 unspecified atom stereocenters. The van der Waals surface area contributed by atoms with Gasteiger partial charge in [-0.25, -0.2) is 12.7 Å². The number of carbonyl (C=O) groups is 2. The van der Waals surface area contributed by atoms with E-state index in [9.17, 15) is 18.0 Å². The zero-order valence-electron chi connectivity index (χ0n) is 20.1. The minimum Gasteiger partial charge on any atom is -0.337 e. The number of rotatable bonds is 6. The summed E-state index contributed by atoms with van der Waals surface area (Å²) in [6, 6.07) is 11.7. The molecule has 35 heavy (non-hydrogen) atoms. The number of amides is 2. The van der Waals surface area contributed by atoms with Crippen LogP contribution in [0.4, 0.5) is 0 Å². The molecule has 0 spiro atoms. The molecule has 3 aliphatic heterocycles. The van der Waals surface area contributed by atoms with Crippen LogP contribution >= 0.6 is 12.4 Å². The lowest BCUT2D eigenvalue weighted by atomic mass is 9.96. The summed E-state index contributed by atoms with van der Waals surface area (Å²) in [6.45, 7) is 5.21. The molecule has 3 saturated heterocycles. The Bertz CT molecular complexity index is 1200. The summed E-state index contributed by atoms with van der Waals surface area (Å²) in [5, 5.41) is 1.77. The third-order valence-corrected chi connectivity index (χ3v) is 9.61. The molecule has 7 nitrogen and oxygen atoms in total. The number of hydrogen-bond acceptors (Lipinski definition) is 5. The molecule has 3 fully saturated rings. The molecule has 0 aliphatic carbocycles. The number of nitrogens with zero attached hydrogens (tertiary/aromatic N) is 3. The van der Waals surface area contributed by atoms with Crippen molar-refractivity contribution in [1.29, 1.82) is 0 Å². The van der Waals surface area contributed by atoms with Crippen molar-refractivity contribution >= 4 is 45.0 Å². The Morgan fingerprint density at radius 2 is 1.71 bits per heavy atom. The molecule has 0 N–H and O–H groups in total. The molecule has 5 rings (SSSR count). The lowest BCUT2D eigenvalue weighted by molar-refractivity contribution is -0.134. The summed E-state index contributed by atoms with van der Waals surface area (Å²) >= 11 is 0. The first kappa shape index (κ1) is 25.9. The normalized spacial score (nSPS) is 25.1. The van der Waals surface area contributed by atoms with Crippen LogP contribution in [0, 0.1) is 5.92 Å². The highest BCUT2D eigenvalue weighted by molar-refractivity contribution is 7.89. The van der Waals surface area contributed by atoms with Crippen LogP contribution in [0.25, 0.3) is 10.8 Å². The van der Waals surface area contributed by atoms with E-state index in [2.05, 4.69) is 4.90 Å². The second-order valence-corrected chi connectivity index (χ2v) is 11.6. The molecule has 0 radical (unpaired) electrons. The summed E-state index contributed by atoms with van der Waals surface area (Å²) < 4.78 is 28.5. The number of fused-ring (bicyclic) bond motifs is 2. The van der Waals surface area contributed by atoms with E-state index < -0.39 is 22.0 Å². The van der Waals surface area contributed by atoms with Crippen LogP contribution in [-0.4, -0.2) is 72.6 Å². The van der Waals surface area contributed by atoms with Gasteiger partial charge in [0.25, 0.3) is 10.0 Å². The van der Waals surface area contributed by atoms with Crippen molar-refractivity contribution in [3.63, 3.8) is 0 Å². The molecule has 0 saturated carbocycles. The quantitative estimate of drug-likeness (QED) is 0.582. The maximum absolute atomic E-state index is 13.7. The fourth-order valence-electron chi connectivity index (χ4n) is 6.04. The van der Waals surface area contributed by atoms with Gasteiger partial charge in [0.2, 0.25) is 11.8 Å². The SMILES string of the molecule is CC[C@H]1C(=O)N(S(=O)(=O)c2ccc3ccccc3c2)[C@H]2CCN(C(=O)CCN3CCCCC3)[C@H]12.Cl. The molecule has 2 amide bonds. The molecule has 0 bridgehead atoms. The average Bonchev–Trinajstić information content (AvgIpc) is 3.39. The van der Waals surface area contributed by atoms with Crippen molar-refractivity contribution in [2.24, 2.45) is 5.92 Å². The van der Waals surface area contributed by atoms with Gasteiger partial charge in [-0.05, 0) is 61.7 Å². The van der Waals surface area contributed by atoms with E-state index in [0.29, 0.717) is 25.8 Å². The van der Waals surface area contributed by atoms with Crippen molar-refractivity contribution in [2.75, 3.05) is 26.2 Å². The molecule has 3 heterocycles. The lowest BCUT2D eigenvalue weighted by Crippen LogP contribution is -2.44. The van der Waals surface area contributed by atoms with Crippen LogP contribution in [-0.2, 0) is 19.6 Å². The zero-order chi connectivity index (χ0) is 23.9. The highest BCUT2D eigenvalue weighted by atomic mass is 35.5. The second kappa shape index (κ2) is 10.4. The largest absolute Gasteiger partial charge is 0.337 e. The van der Waals surface area contributed by atoms with E-state index >= 15 is 0 Å². The van der Waals surface area contributed by atoms with E-state index in [0.717, 1.165) is 34.7 Å². The minimum absolute atomic E-state index is 0. The van der Waals surface area contributed by atoms with Crippen LogP contribution in [0.5, 0.6) is 0 Å². The number of sulfonamides is 1. The van der Waals surface area contributed by atoms with Gasteiger partial charge in [-0.2, -0.15) is 0 Å². The van der Waals surface area contributed by atoms with Crippen molar-refractivity contribution in [3.8, 4) is 0 Å². The molecule has 9 heteroatoms. The number of hydrogen-bond donors (Lipinski definition) is 0. The van der Waals surface area contributed by atoms with Gasteiger partial charge in [-0.15, -0.1) is 12.4 Å². The lowest BCUT2D eigenvalue weighted by Gasteiger charge is -2.30. The van der Waals surface area contributed by atoms with Gasteiger partial charge in [0.15, 0.2) is 0 Å². The highest BCUT2D eigenvalue weighted by Gasteiger charge is 2.57. The molecule has 3 atom stereocenters. The van der Waals surface area contributed by atoms with E-state index in [-0.39, 0.29) is 35.2 Å². The Morgan fingerprint density at radius 1 is 1.00 bits per heavy atom.